The molecule has 3 aromatic heterocycles. The molecule has 0 spiro atoms. The second kappa shape index (κ2) is 17.4. The molecular weight excluding hydrogens is 877 g/mol. The Morgan fingerprint density at radius 1 is 0.375 bits per heavy atom. The maximum absolute atomic E-state index is 10.2. The molecule has 0 atom stereocenters. The smallest absolute Gasteiger partial charge is 0.194 e. The van der Waals surface area contributed by atoms with E-state index in [1.54, 1.807) is 0 Å². The minimum atomic E-state index is 0.600. The quantitative estimate of drug-likeness (QED) is 0.143. The number of para-hydroxylation sites is 4. The van der Waals surface area contributed by atoms with Gasteiger partial charge in [-0.05, 0) is 82.9 Å². The molecule has 0 aliphatic rings. The summed E-state index contributed by atoms with van der Waals surface area (Å²) in [5, 5.41) is 14.5. The predicted molar refractivity (Wildman–Crippen MR) is 294 cm³/mol. The van der Waals surface area contributed by atoms with Crippen molar-refractivity contribution < 1.29 is 0 Å². The highest BCUT2D eigenvalue weighted by Crippen LogP contribution is 2.46. The van der Waals surface area contributed by atoms with E-state index in [9.17, 15) is 5.26 Å². The van der Waals surface area contributed by atoms with Crippen LogP contribution in [0.2, 0.25) is 0 Å². The molecule has 13 rings (SSSR count). The molecule has 6 heteroatoms. The molecule has 0 aliphatic heterocycles. The van der Waals surface area contributed by atoms with E-state index in [0.29, 0.717) is 17.1 Å². The summed E-state index contributed by atoms with van der Waals surface area (Å²) < 4.78 is 4.76. The summed E-state index contributed by atoms with van der Waals surface area (Å²) in [7, 11) is 0. The van der Waals surface area contributed by atoms with Crippen LogP contribution in [0.5, 0.6) is 0 Å². The lowest BCUT2D eigenvalue weighted by molar-refractivity contribution is 1.15. The Hall–Kier alpha value is -10.1. The molecule has 0 saturated carbocycles. The molecule has 0 amide bonds. The van der Waals surface area contributed by atoms with Crippen LogP contribution in [0.4, 0.5) is 5.69 Å². The van der Waals surface area contributed by atoms with E-state index in [0.717, 1.165) is 116 Å². The van der Waals surface area contributed by atoms with Gasteiger partial charge in [-0.3, -0.25) is 0 Å². The first-order valence-corrected chi connectivity index (χ1v) is 23.9. The topological polar surface area (TPSA) is 63.8 Å². The number of benzene rings is 10. The van der Waals surface area contributed by atoms with Gasteiger partial charge in [-0.2, -0.15) is 5.26 Å². The Labute approximate surface area is 416 Å². The number of rotatable bonds is 8. The van der Waals surface area contributed by atoms with Gasteiger partial charge >= 0.3 is 0 Å². The predicted octanol–water partition coefficient (Wildman–Crippen LogP) is 17.1. The number of hydrogen-bond donors (Lipinski definition) is 0. The van der Waals surface area contributed by atoms with Gasteiger partial charge in [-0.1, -0.05) is 182 Å². The summed E-state index contributed by atoms with van der Waals surface area (Å²) >= 11 is 0. The molecule has 0 fully saturated rings. The zero-order valence-corrected chi connectivity index (χ0v) is 38.8. The Kier molecular flexibility index (Phi) is 10.2. The third-order valence-corrected chi connectivity index (χ3v) is 13.8. The van der Waals surface area contributed by atoms with Crippen LogP contribution < -0.4 is 0 Å². The van der Waals surface area contributed by atoms with Crippen LogP contribution in [0.15, 0.2) is 243 Å². The van der Waals surface area contributed by atoms with E-state index < -0.39 is 0 Å². The third-order valence-electron chi connectivity index (χ3n) is 13.8. The summed E-state index contributed by atoms with van der Waals surface area (Å²) in [6, 6.07) is 86.2. The van der Waals surface area contributed by atoms with Crippen LogP contribution in [0.1, 0.15) is 5.56 Å². The monoisotopic (exact) mass is 916 g/mol. The highest BCUT2D eigenvalue weighted by molar-refractivity contribution is 6.13. The zero-order valence-electron chi connectivity index (χ0n) is 38.8. The van der Waals surface area contributed by atoms with Gasteiger partial charge in [0.1, 0.15) is 0 Å². The van der Waals surface area contributed by atoms with Crippen LogP contribution in [0.25, 0.3) is 127 Å². The van der Waals surface area contributed by atoms with Crippen molar-refractivity contribution in [1.29, 1.82) is 5.26 Å². The molecule has 6 nitrogen and oxygen atoms in total. The van der Waals surface area contributed by atoms with Gasteiger partial charge < -0.3 is 9.13 Å². The fraction of sp³-hybridized carbons (Fsp3) is 0. The van der Waals surface area contributed by atoms with E-state index in [2.05, 4.69) is 178 Å². The number of fused-ring (bicyclic) bond motifs is 6. The van der Waals surface area contributed by atoms with Gasteiger partial charge in [-0.25, -0.2) is 14.8 Å². The second-order valence-corrected chi connectivity index (χ2v) is 17.9. The van der Waals surface area contributed by atoms with Gasteiger partial charge in [0.25, 0.3) is 0 Å². The van der Waals surface area contributed by atoms with E-state index in [1.165, 1.54) is 0 Å². The van der Waals surface area contributed by atoms with E-state index >= 15 is 0 Å². The lowest BCUT2D eigenvalue weighted by Gasteiger charge is -2.21. The van der Waals surface area contributed by atoms with Crippen molar-refractivity contribution in [3.63, 3.8) is 0 Å². The number of nitrogens with zero attached hydrogens (tertiary/aromatic N) is 6. The zero-order chi connectivity index (χ0) is 48.1. The second-order valence-electron chi connectivity index (χ2n) is 17.9. The molecule has 3 heterocycles. The first-order chi connectivity index (χ1) is 35.6. The SMILES string of the molecule is [C-]#[N+]c1ccccc1-c1ccc2c(c1)c1ccccc1n2-c1ccccc1-c1c(-c2nc(-c3ccccc3)cc(-c3ccccc3)n2)cccc1-n1c2ccccc2c2cc(-c3ccccc3C#N)ccc21. The van der Waals surface area contributed by atoms with Crippen LogP contribution in [0.3, 0.4) is 0 Å². The van der Waals surface area contributed by atoms with Gasteiger partial charge in [-0.15, -0.1) is 0 Å². The van der Waals surface area contributed by atoms with Crippen molar-refractivity contribution in [2.24, 2.45) is 0 Å². The van der Waals surface area contributed by atoms with Crippen molar-refractivity contribution in [2.75, 3.05) is 0 Å². The minimum Gasteiger partial charge on any atom is -0.309 e. The average Bonchev–Trinajstić information content (AvgIpc) is 3.97. The van der Waals surface area contributed by atoms with E-state index in [-0.39, 0.29) is 0 Å². The first-order valence-electron chi connectivity index (χ1n) is 23.9. The number of nitriles is 1. The Bertz CT molecular complexity index is 4300. The summed E-state index contributed by atoms with van der Waals surface area (Å²) in [4.78, 5) is 14.8. The highest BCUT2D eigenvalue weighted by Gasteiger charge is 2.25. The molecule has 0 unspecified atom stereocenters. The molecule has 0 saturated heterocycles. The van der Waals surface area contributed by atoms with Crippen molar-refractivity contribution in [1.82, 2.24) is 19.1 Å². The van der Waals surface area contributed by atoms with Gasteiger partial charge in [0.05, 0.1) is 63.0 Å². The average molecular weight is 917 g/mol. The fourth-order valence-corrected chi connectivity index (χ4v) is 10.6. The maximum atomic E-state index is 10.2. The highest BCUT2D eigenvalue weighted by atomic mass is 15.0. The molecule has 0 aliphatic carbocycles. The normalized spacial score (nSPS) is 11.3. The molecule has 0 radical (unpaired) electrons. The fourth-order valence-electron chi connectivity index (χ4n) is 10.6. The Morgan fingerprint density at radius 3 is 1.47 bits per heavy atom. The van der Waals surface area contributed by atoms with Crippen molar-refractivity contribution in [2.45, 2.75) is 0 Å². The van der Waals surface area contributed by atoms with Gasteiger partial charge in [0, 0.05) is 49.4 Å². The standard InChI is InChI=1S/C66H40N6/c1-68-56-30-14-10-25-49(56)46-36-38-62-55(40-46)50-26-11-15-31-59(50)71(62)61-33-17-13-28-52(61)65-53(66-69-57(43-19-4-2-5-20-43)41-58(70-66)44-21-6-3-7-22-44)29-18-34-64(65)72-60-32-16-12-27-51(60)54-39-45(35-37-63(54)72)48-24-9-8-23-47(48)42-67/h2-41H. The largest absolute Gasteiger partial charge is 0.309 e. The molecule has 72 heavy (non-hydrogen) atoms. The summed E-state index contributed by atoms with van der Waals surface area (Å²) in [5.74, 6) is 0.600. The first kappa shape index (κ1) is 42.0. The summed E-state index contributed by atoms with van der Waals surface area (Å²) in [6.07, 6.45) is 0. The molecule has 0 N–H and O–H groups in total. The van der Waals surface area contributed by atoms with Gasteiger partial charge in [0.2, 0.25) is 0 Å². The van der Waals surface area contributed by atoms with Crippen LogP contribution in [-0.2, 0) is 0 Å². The van der Waals surface area contributed by atoms with Crippen molar-refractivity contribution in [3.8, 4) is 84.7 Å². The molecule has 10 aromatic carbocycles. The summed E-state index contributed by atoms with van der Waals surface area (Å²) in [5.41, 5.74) is 17.6. The van der Waals surface area contributed by atoms with Gasteiger partial charge in [0.15, 0.2) is 11.5 Å². The maximum Gasteiger partial charge on any atom is 0.194 e. The number of hydrogen-bond acceptors (Lipinski definition) is 3. The van der Waals surface area contributed by atoms with E-state index in [4.69, 9.17) is 16.5 Å². The Balaban J connectivity index is 1.13. The Morgan fingerprint density at radius 2 is 0.847 bits per heavy atom. The lowest BCUT2D eigenvalue weighted by Crippen LogP contribution is -2.04. The minimum absolute atomic E-state index is 0.600. The van der Waals surface area contributed by atoms with Crippen LogP contribution in [0, 0.1) is 17.9 Å². The van der Waals surface area contributed by atoms with Crippen molar-refractivity contribution >= 4 is 49.3 Å². The van der Waals surface area contributed by atoms with Crippen LogP contribution >= 0.6 is 0 Å². The number of aromatic nitrogens is 4. The third kappa shape index (κ3) is 6.94. The lowest BCUT2D eigenvalue weighted by atomic mass is 9.94. The molecule has 13 aromatic rings. The van der Waals surface area contributed by atoms with Crippen molar-refractivity contribution in [3.05, 3.63) is 260 Å². The van der Waals surface area contributed by atoms with Crippen LogP contribution in [-0.4, -0.2) is 19.1 Å². The molecule has 0 bridgehead atoms. The molecular formula is C66H40N6. The summed E-state index contributed by atoms with van der Waals surface area (Å²) in [6.45, 7) is 7.96. The van der Waals surface area contributed by atoms with E-state index in [1.807, 2.05) is 84.9 Å². The molecule has 334 valence electrons.